The number of carbonyl (C=O) groups excluding carboxylic acids is 1. The number of hydrogen-bond donors (Lipinski definition) is 2. The molecule has 1 saturated heterocycles. The van der Waals surface area contributed by atoms with Gasteiger partial charge in [-0.1, -0.05) is 30.3 Å². The van der Waals surface area contributed by atoms with Gasteiger partial charge in [-0.15, -0.1) is 0 Å². The van der Waals surface area contributed by atoms with Crippen LogP contribution in [0.25, 0.3) is 17.3 Å². The van der Waals surface area contributed by atoms with Crippen LogP contribution in [0.1, 0.15) is 17.2 Å². The van der Waals surface area contributed by atoms with Gasteiger partial charge in [-0.2, -0.15) is 0 Å². The Morgan fingerprint density at radius 2 is 1.78 bits per heavy atom. The molecule has 1 aromatic heterocycles. The third-order valence-corrected chi connectivity index (χ3v) is 6.14. The summed E-state index contributed by atoms with van der Waals surface area (Å²) < 4.78 is 0. The van der Waals surface area contributed by atoms with Crippen LogP contribution in [-0.4, -0.2) is 49.4 Å². The first-order valence-electron chi connectivity index (χ1n) is 11.0. The number of anilines is 3. The predicted octanol–water partition coefficient (Wildman–Crippen LogP) is 4.06. The van der Waals surface area contributed by atoms with Crippen molar-refractivity contribution in [2.45, 2.75) is 6.04 Å². The van der Waals surface area contributed by atoms with Crippen molar-refractivity contribution in [1.82, 2.24) is 15.2 Å². The van der Waals surface area contributed by atoms with Gasteiger partial charge in [0.1, 0.15) is 18.1 Å². The first-order valence-corrected chi connectivity index (χ1v) is 11.0. The van der Waals surface area contributed by atoms with Gasteiger partial charge in [0.2, 0.25) is 0 Å². The Balaban J connectivity index is 1.47. The highest BCUT2D eigenvalue weighted by Crippen LogP contribution is 2.34. The maximum Gasteiger partial charge on any atom is 0.146 e. The lowest BCUT2D eigenvalue weighted by Crippen LogP contribution is -2.44. The van der Waals surface area contributed by atoms with Crippen molar-refractivity contribution < 1.29 is 4.79 Å². The van der Waals surface area contributed by atoms with Crippen molar-refractivity contribution in [2.24, 2.45) is 0 Å². The van der Waals surface area contributed by atoms with Gasteiger partial charge in [-0.05, 0) is 55.2 Å². The second kappa shape index (κ2) is 8.85. The van der Waals surface area contributed by atoms with Gasteiger partial charge in [-0.3, -0.25) is 0 Å². The summed E-state index contributed by atoms with van der Waals surface area (Å²) in [5.74, 6) is 0.697. The number of rotatable bonds is 5. The molecule has 6 nitrogen and oxygen atoms in total. The number of aromatic nitrogens is 1. The summed E-state index contributed by atoms with van der Waals surface area (Å²) in [5.41, 5.74) is 5.95. The van der Waals surface area contributed by atoms with Crippen molar-refractivity contribution >= 4 is 29.6 Å². The summed E-state index contributed by atoms with van der Waals surface area (Å²) in [6.07, 6.45) is 4.74. The maximum atomic E-state index is 11.8. The highest BCUT2D eigenvalue weighted by atomic mass is 16.1. The van der Waals surface area contributed by atoms with Gasteiger partial charge < -0.3 is 25.2 Å². The molecule has 1 fully saturated rings. The third kappa shape index (κ3) is 4.09. The summed E-state index contributed by atoms with van der Waals surface area (Å²) in [6.45, 7) is 4.23. The second-order valence-electron chi connectivity index (χ2n) is 8.30. The van der Waals surface area contributed by atoms with Crippen molar-refractivity contribution in [1.29, 1.82) is 0 Å². The van der Waals surface area contributed by atoms with E-state index in [9.17, 15) is 4.79 Å². The number of pyridine rings is 1. The Bertz CT molecular complexity index is 1120. The quantitative estimate of drug-likeness (QED) is 0.602. The van der Waals surface area contributed by atoms with E-state index in [1.54, 1.807) is 0 Å². The van der Waals surface area contributed by atoms with Crippen LogP contribution in [0.15, 0.2) is 66.9 Å². The number of fused-ring (bicyclic) bond motifs is 1. The van der Waals surface area contributed by atoms with Gasteiger partial charge >= 0.3 is 0 Å². The van der Waals surface area contributed by atoms with E-state index in [0.29, 0.717) is 5.82 Å². The van der Waals surface area contributed by atoms with Crippen LogP contribution in [0, 0.1) is 0 Å². The molecule has 2 aliphatic rings. The summed E-state index contributed by atoms with van der Waals surface area (Å²) in [7, 11) is 2.16. The van der Waals surface area contributed by atoms with E-state index in [-0.39, 0.29) is 0 Å². The summed E-state index contributed by atoms with van der Waals surface area (Å²) >= 11 is 0. The smallest absolute Gasteiger partial charge is 0.146 e. The zero-order valence-corrected chi connectivity index (χ0v) is 18.2. The highest BCUT2D eigenvalue weighted by Gasteiger charge is 2.23. The van der Waals surface area contributed by atoms with E-state index >= 15 is 0 Å². The lowest BCUT2D eigenvalue weighted by Gasteiger charge is -2.34. The van der Waals surface area contributed by atoms with E-state index in [1.165, 1.54) is 5.69 Å². The minimum Gasteiger partial charge on any atom is -0.378 e. The summed E-state index contributed by atoms with van der Waals surface area (Å²) in [6, 6.07) is 20.2. The molecule has 2 N–H and O–H groups in total. The molecule has 6 heteroatoms. The zero-order chi connectivity index (χ0) is 21.9. The van der Waals surface area contributed by atoms with Crippen LogP contribution in [0.2, 0.25) is 0 Å². The molecule has 1 unspecified atom stereocenters. The molecule has 5 rings (SSSR count). The van der Waals surface area contributed by atoms with Crippen LogP contribution in [0.5, 0.6) is 0 Å². The molecule has 3 heterocycles. The fourth-order valence-corrected chi connectivity index (χ4v) is 4.28. The monoisotopic (exact) mass is 425 g/mol. The normalized spacial score (nSPS) is 18.0. The van der Waals surface area contributed by atoms with Crippen molar-refractivity contribution in [3.8, 4) is 11.3 Å². The van der Waals surface area contributed by atoms with Crippen LogP contribution in [0.4, 0.5) is 17.2 Å². The number of nitrogens with one attached hydrogen (secondary N) is 2. The first-order chi connectivity index (χ1) is 15.7. The topological polar surface area (TPSA) is 60.5 Å². The molecular weight excluding hydrogens is 398 g/mol. The number of aldehydes is 1. The van der Waals surface area contributed by atoms with Crippen molar-refractivity contribution in [2.75, 3.05) is 43.4 Å². The average Bonchev–Trinajstić information content (AvgIpc) is 2.85. The molecule has 2 aromatic carbocycles. The number of benzene rings is 2. The molecular formula is C26H27N5O. The molecule has 1 atom stereocenters. The van der Waals surface area contributed by atoms with Crippen LogP contribution >= 0.6 is 0 Å². The molecule has 0 spiro atoms. The van der Waals surface area contributed by atoms with E-state index in [1.807, 2.05) is 48.7 Å². The summed E-state index contributed by atoms with van der Waals surface area (Å²) in [4.78, 5) is 21.4. The van der Waals surface area contributed by atoms with Crippen LogP contribution < -0.4 is 15.5 Å². The fraction of sp³-hybridized carbons (Fsp3) is 0.231. The SMILES string of the molecule is CN1CCN(c2ccc(Nc3nc(-c4ccccc4)cc4c3C(C=O)NC=C4)cc2)CC1. The Kier molecular flexibility index (Phi) is 5.60. The minimum absolute atomic E-state index is 0.431. The van der Waals surface area contributed by atoms with E-state index in [2.05, 4.69) is 51.7 Å². The minimum atomic E-state index is -0.431. The number of likely N-dealkylation sites (N-methyl/N-ethyl adjacent to an activating group) is 1. The van der Waals surface area contributed by atoms with Gasteiger partial charge in [0.25, 0.3) is 0 Å². The van der Waals surface area contributed by atoms with Gasteiger partial charge in [0, 0.05) is 48.7 Å². The third-order valence-electron chi connectivity index (χ3n) is 6.14. The van der Waals surface area contributed by atoms with E-state index in [0.717, 1.165) is 60.5 Å². The largest absolute Gasteiger partial charge is 0.378 e. The van der Waals surface area contributed by atoms with E-state index in [4.69, 9.17) is 4.98 Å². The predicted molar refractivity (Wildman–Crippen MR) is 130 cm³/mol. The van der Waals surface area contributed by atoms with Crippen molar-refractivity contribution in [3.05, 3.63) is 78.0 Å². The van der Waals surface area contributed by atoms with Gasteiger partial charge in [0.05, 0.1) is 5.69 Å². The van der Waals surface area contributed by atoms with E-state index < -0.39 is 6.04 Å². The molecule has 3 aromatic rings. The van der Waals surface area contributed by atoms with Crippen LogP contribution in [0.3, 0.4) is 0 Å². The Hall–Kier alpha value is -3.64. The Morgan fingerprint density at radius 1 is 1.03 bits per heavy atom. The number of carbonyl (C=O) groups is 1. The highest BCUT2D eigenvalue weighted by molar-refractivity contribution is 5.80. The Morgan fingerprint density at radius 3 is 2.50 bits per heavy atom. The molecule has 0 saturated carbocycles. The number of piperazine rings is 1. The average molecular weight is 426 g/mol. The molecule has 0 bridgehead atoms. The van der Waals surface area contributed by atoms with Crippen molar-refractivity contribution in [3.63, 3.8) is 0 Å². The lowest BCUT2D eigenvalue weighted by atomic mass is 9.97. The molecule has 0 amide bonds. The number of nitrogens with zero attached hydrogens (tertiary/aromatic N) is 3. The van der Waals surface area contributed by atoms with Crippen LogP contribution in [-0.2, 0) is 4.79 Å². The fourth-order valence-electron chi connectivity index (χ4n) is 4.28. The Labute approximate surface area is 188 Å². The van der Waals surface area contributed by atoms with Gasteiger partial charge in [-0.25, -0.2) is 4.98 Å². The molecule has 162 valence electrons. The first kappa shape index (κ1) is 20.3. The zero-order valence-electron chi connectivity index (χ0n) is 18.2. The molecule has 32 heavy (non-hydrogen) atoms. The lowest BCUT2D eigenvalue weighted by molar-refractivity contribution is -0.109. The molecule has 0 aliphatic carbocycles. The summed E-state index contributed by atoms with van der Waals surface area (Å²) in [5, 5.41) is 6.60. The van der Waals surface area contributed by atoms with Gasteiger partial charge in [0.15, 0.2) is 0 Å². The standard InChI is InChI=1S/C26H27N5O/c1-30-13-15-31(16-14-30)22-9-7-21(8-10-22)28-26-25-20(11-12-27-24(25)18-32)17-23(29-26)19-5-3-2-4-6-19/h2-12,17-18,24,27H,13-16H2,1H3,(H,28,29). The number of hydrogen-bond acceptors (Lipinski definition) is 6. The second-order valence-corrected chi connectivity index (χ2v) is 8.30. The molecule has 2 aliphatic heterocycles. The maximum absolute atomic E-state index is 11.8. The molecule has 0 radical (unpaired) electrons.